The predicted octanol–water partition coefficient (Wildman–Crippen LogP) is 3.39. The fraction of sp³-hybridized carbons (Fsp3) is 0.250. The number of ether oxygens (including phenoxy) is 2. The molecule has 3 N–H and O–H groups in total. The van der Waals surface area contributed by atoms with E-state index in [2.05, 4.69) is 30.6 Å². The van der Waals surface area contributed by atoms with Gasteiger partial charge in [-0.3, -0.25) is 5.32 Å². The number of nitrogens with one attached hydrogen (secondary N) is 2. The Morgan fingerprint density at radius 3 is 2.88 bits per heavy atom. The Bertz CT molecular complexity index is 1330. The lowest BCUT2D eigenvalue weighted by Gasteiger charge is -2.11. The van der Waals surface area contributed by atoms with Crippen LogP contribution >= 0.6 is 11.3 Å². The number of rotatable bonds is 7. The molecule has 4 heterocycles. The average Bonchev–Trinajstić information content (AvgIpc) is 3.49. The molecule has 1 aliphatic rings. The molecule has 0 spiro atoms. The zero-order chi connectivity index (χ0) is 22.2. The van der Waals surface area contributed by atoms with E-state index in [-0.39, 0.29) is 17.6 Å². The molecule has 3 aromatic heterocycles. The van der Waals surface area contributed by atoms with Crippen LogP contribution < -0.4 is 20.1 Å². The van der Waals surface area contributed by atoms with Crippen molar-refractivity contribution in [3.63, 3.8) is 0 Å². The topological polar surface area (TPSA) is 136 Å². The molecule has 0 radical (unpaired) electrons. The highest BCUT2D eigenvalue weighted by atomic mass is 32.1. The number of carboxylic acid groups (broad SMARTS) is 1. The highest BCUT2D eigenvalue weighted by Crippen LogP contribution is 2.33. The van der Waals surface area contributed by atoms with E-state index in [0.717, 1.165) is 28.2 Å². The number of anilines is 3. The maximum atomic E-state index is 11.3. The lowest BCUT2D eigenvalue weighted by Crippen LogP contribution is -2.07. The first-order valence-electron chi connectivity index (χ1n) is 9.85. The number of aromatic carboxylic acids is 1. The van der Waals surface area contributed by atoms with Gasteiger partial charge in [0.05, 0.1) is 12.0 Å². The van der Waals surface area contributed by atoms with Crippen molar-refractivity contribution in [3.8, 4) is 11.5 Å². The molecule has 164 valence electrons. The fourth-order valence-electron chi connectivity index (χ4n) is 3.38. The normalized spacial score (nSPS) is 12.3. The number of imidazole rings is 1. The Hall–Kier alpha value is -3.93. The second kappa shape index (κ2) is 7.96. The van der Waals surface area contributed by atoms with Gasteiger partial charge in [0, 0.05) is 13.1 Å². The first kappa shape index (κ1) is 20.0. The number of benzene rings is 1. The zero-order valence-corrected chi connectivity index (χ0v) is 18.1. The number of carboxylic acids is 1. The van der Waals surface area contributed by atoms with Crippen LogP contribution in [0.5, 0.6) is 11.5 Å². The van der Waals surface area contributed by atoms with Crippen LogP contribution in [0.1, 0.15) is 27.9 Å². The van der Waals surface area contributed by atoms with Gasteiger partial charge < -0.3 is 24.5 Å². The molecule has 0 bridgehead atoms. The lowest BCUT2D eigenvalue weighted by atomic mass is 10.2. The van der Waals surface area contributed by atoms with E-state index in [9.17, 15) is 9.90 Å². The van der Waals surface area contributed by atoms with Gasteiger partial charge >= 0.3 is 5.97 Å². The van der Waals surface area contributed by atoms with Gasteiger partial charge in [-0.2, -0.15) is 9.97 Å². The van der Waals surface area contributed by atoms with Crippen molar-refractivity contribution in [3.05, 3.63) is 40.7 Å². The van der Waals surface area contributed by atoms with E-state index >= 15 is 0 Å². The van der Waals surface area contributed by atoms with Gasteiger partial charge in [-0.1, -0.05) is 17.4 Å². The Balaban J connectivity index is 1.45. The molecule has 1 aromatic carbocycles. The van der Waals surface area contributed by atoms with Gasteiger partial charge in [0.25, 0.3) is 0 Å². The molecule has 0 saturated carbocycles. The highest BCUT2D eigenvalue weighted by molar-refractivity contribution is 7.17. The summed E-state index contributed by atoms with van der Waals surface area (Å²) in [6, 6.07) is 5.76. The molecule has 0 aliphatic carbocycles. The third-order valence-electron chi connectivity index (χ3n) is 4.92. The minimum absolute atomic E-state index is 0.171. The molecule has 0 fully saturated rings. The number of hydrogen-bond acceptors (Lipinski definition) is 10. The number of aromatic nitrogens is 5. The molecule has 1 aliphatic heterocycles. The number of hydrogen-bond donors (Lipinski definition) is 3. The monoisotopic (exact) mass is 453 g/mol. The molecule has 0 amide bonds. The molecule has 4 aromatic rings. The first-order chi connectivity index (χ1) is 15.5. The van der Waals surface area contributed by atoms with E-state index in [0.29, 0.717) is 41.1 Å². The molecule has 32 heavy (non-hydrogen) atoms. The van der Waals surface area contributed by atoms with Gasteiger partial charge in [0.1, 0.15) is 10.4 Å². The highest BCUT2D eigenvalue weighted by Gasteiger charge is 2.18. The smallest absolute Gasteiger partial charge is 0.347 e. The minimum Gasteiger partial charge on any atom is -0.477 e. The van der Waals surface area contributed by atoms with Crippen LogP contribution in [-0.4, -0.2) is 42.4 Å². The Morgan fingerprint density at radius 2 is 2.09 bits per heavy atom. The van der Waals surface area contributed by atoms with Crippen molar-refractivity contribution < 1.29 is 19.4 Å². The minimum atomic E-state index is -1.02. The molecule has 0 saturated heterocycles. The molecule has 11 nitrogen and oxygen atoms in total. The predicted molar refractivity (Wildman–Crippen MR) is 118 cm³/mol. The van der Waals surface area contributed by atoms with Crippen molar-refractivity contribution in [2.24, 2.45) is 0 Å². The third kappa shape index (κ3) is 3.64. The summed E-state index contributed by atoms with van der Waals surface area (Å²) < 4.78 is 12.8. The summed E-state index contributed by atoms with van der Waals surface area (Å²) in [5, 5.41) is 16.0. The Labute approximate surface area is 186 Å². The van der Waals surface area contributed by atoms with Gasteiger partial charge in [-0.05, 0) is 31.5 Å². The number of thiazole rings is 1. The SMILES string of the molecule is CCn1cnc2nc(Nc3nc(C)c(C(=O)O)s3)nc(NCc3ccc4c(c3)OCO4)c21. The van der Waals surface area contributed by atoms with E-state index < -0.39 is 5.97 Å². The Kier molecular flexibility index (Phi) is 4.98. The largest absolute Gasteiger partial charge is 0.477 e. The number of aryl methyl sites for hydroxylation is 2. The summed E-state index contributed by atoms with van der Waals surface area (Å²) in [5.41, 5.74) is 2.73. The van der Waals surface area contributed by atoms with Gasteiger partial charge in [-0.15, -0.1) is 0 Å². The van der Waals surface area contributed by atoms with Crippen LogP contribution in [0.3, 0.4) is 0 Å². The molecule has 0 unspecified atom stereocenters. The summed E-state index contributed by atoms with van der Waals surface area (Å²) in [5.74, 6) is 1.30. The van der Waals surface area contributed by atoms with Crippen molar-refractivity contribution >= 4 is 45.4 Å². The maximum Gasteiger partial charge on any atom is 0.347 e. The first-order valence-corrected chi connectivity index (χ1v) is 10.7. The van der Waals surface area contributed by atoms with Crippen molar-refractivity contribution in [1.82, 2.24) is 24.5 Å². The van der Waals surface area contributed by atoms with Gasteiger partial charge in [0.2, 0.25) is 12.7 Å². The quantitative estimate of drug-likeness (QED) is 0.382. The summed E-state index contributed by atoms with van der Waals surface area (Å²) in [4.78, 5) is 29.2. The molecule has 12 heteroatoms. The lowest BCUT2D eigenvalue weighted by molar-refractivity contribution is 0.0701. The van der Waals surface area contributed by atoms with Crippen LogP contribution in [-0.2, 0) is 13.1 Å². The third-order valence-corrected chi connectivity index (χ3v) is 5.98. The summed E-state index contributed by atoms with van der Waals surface area (Å²) >= 11 is 1.03. The summed E-state index contributed by atoms with van der Waals surface area (Å²) in [7, 11) is 0. The van der Waals surface area contributed by atoms with E-state index in [1.54, 1.807) is 13.3 Å². The van der Waals surface area contributed by atoms with Crippen molar-refractivity contribution in [2.45, 2.75) is 26.9 Å². The van der Waals surface area contributed by atoms with Crippen LogP contribution in [0.2, 0.25) is 0 Å². The van der Waals surface area contributed by atoms with E-state index in [1.165, 1.54) is 0 Å². The number of carbonyl (C=O) groups is 1. The van der Waals surface area contributed by atoms with Gasteiger partial charge in [-0.25, -0.2) is 14.8 Å². The molecule has 0 atom stereocenters. The molecule has 5 rings (SSSR count). The number of nitrogens with zero attached hydrogens (tertiary/aromatic N) is 5. The summed E-state index contributed by atoms with van der Waals surface area (Å²) in [6.07, 6.45) is 1.71. The van der Waals surface area contributed by atoms with Crippen LogP contribution in [0.15, 0.2) is 24.5 Å². The standard InChI is InChI=1S/C20H19N7O4S/c1-3-27-8-22-17-14(27)16(21-7-11-4-5-12-13(6-11)31-9-30-12)24-19(25-17)26-20-23-10(2)15(32-20)18(28)29/h4-6,8H,3,7,9H2,1-2H3,(H,28,29)(H2,21,23,24,25,26). The van der Waals surface area contributed by atoms with Crippen LogP contribution in [0, 0.1) is 6.92 Å². The van der Waals surface area contributed by atoms with E-state index in [4.69, 9.17) is 9.47 Å². The molecular weight excluding hydrogens is 434 g/mol. The van der Waals surface area contributed by atoms with Crippen LogP contribution in [0.4, 0.5) is 16.9 Å². The maximum absolute atomic E-state index is 11.3. The van der Waals surface area contributed by atoms with Crippen LogP contribution in [0.25, 0.3) is 11.2 Å². The second-order valence-corrected chi connectivity index (χ2v) is 8.00. The van der Waals surface area contributed by atoms with Crippen molar-refractivity contribution in [2.75, 3.05) is 17.4 Å². The summed E-state index contributed by atoms with van der Waals surface area (Å²) in [6.45, 7) is 5.09. The zero-order valence-electron chi connectivity index (χ0n) is 17.2. The van der Waals surface area contributed by atoms with Gasteiger partial charge in [0.15, 0.2) is 28.1 Å². The van der Waals surface area contributed by atoms with Crippen molar-refractivity contribution in [1.29, 1.82) is 0 Å². The second-order valence-electron chi connectivity index (χ2n) is 7.00. The fourth-order valence-corrected chi connectivity index (χ4v) is 4.18. The molecular formula is C20H19N7O4S. The Morgan fingerprint density at radius 1 is 1.25 bits per heavy atom. The average molecular weight is 453 g/mol. The van der Waals surface area contributed by atoms with E-state index in [1.807, 2.05) is 29.7 Å². The number of fused-ring (bicyclic) bond motifs is 2.